The minimum absolute atomic E-state index is 0.271. The van der Waals surface area contributed by atoms with Crippen molar-refractivity contribution in [1.82, 2.24) is 5.43 Å². The van der Waals surface area contributed by atoms with Gasteiger partial charge in [-0.2, -0.15) is 5.10 Å². The van der Waals surface area contributed by atoms with E-state index >= 15 is 0 Å². The van der Waals surface area contributed by atoms with E-state index in [-0.39, 0.29) is 5.75 Å². The third kappa shape index (κ3) is 5.23. The Morgan fingerprint density at radius 2 is 1.88 bits per heavy atom. The number of nitrogens with one attached hydrogen (secondary N) is 1. The van der Waals surface area contributed by atoms with Gasteiger partial charge in [-0.1, -0.05) is 0 Å². The summed E-state index contributed by atoms with van der Waals surface area (Å²) in [5.74, 6) is 0.764. The first-order chi connectivity index (χ1) is 12.5. The number of nitrogens with two attached hydrogens (primary N) is 1. The summed E-state index contributed by atoms with van der Waals surface area (Å²) in [6.07, 6.45) is 1.39. The summed E-state index contributed by atoms with van der Waals surface area (Å²) >= 11 is 0. The highest BCUT2D eigenvalue weighted by atomic mass is 16.6. The number of amides is 2. The van der Waals surface area contributed by atoms with Gasteiger partial charge in [0.1, 0.15) is 5.75 Å². The van der Waals surface area contributed by atoms with E-state index in [1.807, 2.05) is 6.92 Å². The lowest BCUT2D eigenvalue weighted by atomic mass is 10.2. The highest BCUT2D eigenvalue weighted by molar-refractivity contribution is 5.91. The average Bonchev–Trinajstić information content (AvgIpc) is 2.63. The first-order valence-electron chi connectivity index (χ1n) is 7.75. The van der Waals surface area contributed by atoms with Crippen molar-refractivity contribution in [3.8, 4) is 17.2 Å². The van der Waals surface area contributed by atoms with Gasteiger partial charge >= 0.3 is 12.0 Å². The fraction of sp³-hybridized carbons (Fsp3) is 0.167. The molecule has 0 atom stereocenters. The molecular formula is C18H19N3O5. The van der Waals surface area contributed by atoms with E-state index in [9.17, 15) is 9.59 Å². The van der Waals surface area contributed by atoms with Gasteiger partial charge in [0.05, 0.1) is 25.5 Å². The Morgan fingerprint density at radius 3 is 2.50 bits per heavy atom. The van der Waals surface area contributed by atoms with E-state index in [2.05, 4.69) is 10.5 Å². The van der Waals surface area contributed by atoms with Gasteiger partial charge in [-0.25, -0.2) is 15.0 Å². The van der Waals surface area contributed by atoms with Gasteiger partial charge in [-0.15, -0.1) is 0 Å². The Kier molecular flexibility index (Phi) is 6.55. The predicted octanol–water partition coefficient (Wildman–Crippen LogP) is 2.32. The Morgan fingerprint density at radius 1 is 1.15 bits per heavy atom. The normalized spacial score (nSPS) is 10.4. The van der Waals surface area contributed by atoms with Gasteiger partial charge in [-0.3, -0.25) is 0 Å². The summed E-state index contributed by atoms with van der Waals surface area (Å²) < 4.78 is 16.0. The summed E-state index contributed by atoms with van der Waals surface area (Å²) in [5, 5.41) is 3.67. The van der Waals surface area contributed by atoms with Crippen molar-refractivity contribution in [2.45, 2.75) is 6.92 Å². The van der Waals surface area contributed by atoms with Crippen molar-refractivity contribution in [2.24, 2.45) is 10.8 Å². The molecule has 0 saturated carbocycles. The van der Waals surface area contributed by atoms with Crippen molar-refractivity contribution in [1.29, 1.82) is 0 Å². The van der Waals surface area contributed by atoms with Crippen LogP contribution in [0.4, 0.5) is 4.79 Å². The van der Waals surface area contributed by atoms with E-state index in [1.165, 1.54) is 6.21 Å². The lowest BCUT2D eigenvalue weighted by molar-refractivity contribution is 0.0728. The van der Waals surface area contributed by atoms with Crippen LogP contribution in [0.15, 0.2) is 47.6 Å². The lowest BCUT2D eigenvalue weighted by Gasteiger charge is -2.11. The maximum atomic E-state index is 12.3. The van der Waals surface area contributed by atoms with Gasteiger partial charge in [-0.05, 0) is 55.0 Å². The fourth-order valence-electron chi connectivity index (χ4n) is 2.01. The molecule has 8 heteroatoms. The molecule has 0 fully saturated rings. The second-order valence-electron chi connectivity index (χ2n) is 4.99. The molecule has 0 spiro atoms. The van der Waals surface area contributed by atoms with Crippen LogP contribution in [-0.4, -0.2) is 31.9 Å². The molecule has 0 bridgehead atoms. The molecule has 0 aliphatic heterocycles. The van der Waals surface area contributed by atoms with Gasteiger partial charge in [0.15, 0.2) is 11.5 Å². The van der Waals surface area contributed by atoms with Crippen LogP contribution in [0.3, 0.4) is 0 Å². The van der Waals surface area contributed by atoms with E-state index in [0.29, 0.717) is 29.2 Å². The van der Waals surface area contributed by atoms with E-state index < -0.39 is 12.0 Å². The molecule has 0 saturated heterocycles. The standard InChI is InChI=1S/C18H19N3O5/c1-3-25-16-10-12(11-20-21-18(19)23)4-9-15(16)26-17(22)13-5-7-14(24-2)8-6-13/h4-11H,3H2,1-2H3,(H3,19,21,23)/b20-11+. The topological polar surface area (TPSA) is 112 Å². The number of carbonyl (C=O) groups excluding carboxylic acids is 2. The zero-order valence-corrected chi connectivity index (χ0v) is 14.4. The number of methoxy groups -OCH3 is 1. The lowest BCUT2D eigenvalue weighted by Crippen LogP contribution is -2.24. The number of esters is 1. The highest BCUT2D eigenvalue weighted by Crippen LogP contribution is 2.29. The second-order valence-corrected chi connectivity index (χ2v) is 4.99. The Labute approximate surface area is 150 Å². The smallest absolute Gasteiger partial charge is 0.343 e. The van der Waals surface area contributed by atoms with E-state index in [4.69, 9.17) is 19.9 Å². The first kappa shape index (κ1) is 18.8. The van der Waals surface area contributed by atoms with Crippen LogP contribution in [0.2, 0.25) is 0 Å². The molecule has 26 heavy (non-hydrogen) atoms. The second kappa shape index (κ2) is 9.07. The minimum Gasteiger partial charge on any atom is -0.497 e. The zero-order chi connectivity index (χ0) is 18.9. The third-order valence-corrected chi connectivity index (χ3v) is 3.18. The Bertz CT molecular complexity index is 803. The number of benzene rings is 2. The SMILES string of the molecule is CCOc1cc(/C=N/NC(N)=O)ccc1OC(=O)c1ccc(OC)cc1. The van der Waals surface area contributed by atoms with Gasteiger partial charge < -0.3 is 19.9 Å². The molecule has 2 amide bonds. The van der Waals surface area contributed by atoms with Crippen molar-refractivity contribution in [3.63, 3.8) is 0 Å². The van der Waals surface area contributed by atoms with Crippen molar-refractivity contribution >= 4 is 18.2 Å². The molecule has 136 valence electrons. The summed E-state index contributed by atoms with van der Waals surface area (Å²) in [6.45, 7) is 2.19. The van der Waals surface area contributed by atoms with Crippen LogP contribution in [0.25, 0.3) is 0 Å². The van der Waals surface area contributed by atoms with Crippen molar-refractivity contribution in [2.75, 3.05) is 13.7 Å². The molecule has 0 aliphatic rings. The van der Waals surface area contributed by atoms with Gasteiger partial charge in [0.2, 0.25) is 0 Å². The summed E-state index contributed by atoms with van der Waals surface area (Å²) in [4.78, 5) is 22.9. The Hall–Kier alpha value is -3.55. The number of ether oxygens (including phenoxy) is 3. The molecular weight excluding hydrogens is 338 g/mol. The summed E-state index contributed by atoms with van der Waals surface area (Å²) in [7, 11) is 1.55. The molecule has 0 radical (unpaired) electrons. The van der Waals surface area contributed by atoms with Crippen LogP contribution in [0.1, 0.15) is 22.8 Å². The van der Waals surface area contributed by atoms with Crippen LogP contribution in [-0.2, 0) is 0 Å². The van der Waals surface area contributed by atoms with Crippen LogP contribution in [0, 0.1) is 0 Å². The molecule has 3 N–H and O–H groups in total. The minimum atomic E-state index is -0.767. The van der Waals surface area contributed by atoms with Gasteiger partial charge in [0.25, 0.3) is 0 Å². The number of carbonyl (C=O) groups is 2. The number of rotatable bonds is 7. The molecule has 2 aromatic rings. The molecule has 2 aromatic carbocycles. The quantitative estimate of drug-likeness (QED) is 0.342. The molecule has 0 unspecified atom stereocenters. The number of urea groups is 1. The maximum Gasteiger partial charge on any atom is 0.343 e. The maximum absolute atomic E-state index is 12.3. The number of hydrazone groups is 1. The monoisotopic (exact) mass is 357 g/mol. The van der Waals surface area contributed by atoms with E-state index in [0.717, 1.165) is 0 Å². The van der Waals surface area contributed by atoms with Crippen molar-refractivity contribution < 1.29 is 23.8 Å². The molecule has 2 rings (SSSR count). The van der Waals surface area contributed by atoms with E-state index in [1.54, 1.807) is 49.6 Å². The Balaban J connectivity index is 2.17. The summed E-state index contributed by atoms with van der Waals surface area (Å²) in [6, 6.07) is 10.7. The molecule has 0 heterocycles. The van der Waals surface area contributed by atoms with Crippen molar-refractivity contribution in [3.05, 3.63) is 53.6 Å². The summed E-state index contributed by atoms with van der Waals surface area (Å²) in [5.41, 5.74) is 8.04. The van der Waals surface area contributed by atoms with Gasteiger partial charge in [0, 0.05) is 0 Å². The number of primary amides is 1. The largest absolute Gasteiger partial charge is 0.497 e. The average molecular weight is 357 g/mol. The highest BCUT2D eigenvalue weighted by Gasteiger charge is 2.13. The number of nitrogens with zero attached hydrogens (tertiary/aromatic N) is 1. The number of hydrogen-bond donors (Lipinski definition) is 2. The fourth-order valence-corrected chi connectivity index (χ4v) is 2.01. The first-order valence-corrected chi connectivity index (χ1v) is 7.75. The van der Waals surface area contributed by atoms with Crippen LogP contribution >= 0.6 is 0 Å². The predicted molar refractivity (Wildman–Crippen MR) is 95.9 cm³/mol. The number of hydrogen-bond acceptors (Lipinski definition) is 6. The zero-order valence-electron chi connectivity index (χ0n) is 14.4. The molecule has 8 nitrogen and oxygen atoms in total. The van der Waals surface area contributed by atoms with Crippen LogP contribution < -0.4 is 25.4 Å². The van der Waals surface area contributed by atoms with Crippen LogP contribution in [0.5, 0.6) is 17.2 Å². The molecule has 0 aliphatic carbocycles. The third-order valence-electron chi connectivity index (χ3n) is 3.18. The molecule has 0 aromatic heterocycles.